The summed E-state index contributed by atoms with van der Waals surface area (Å²) in [6.45, 7) is 0. The minimum absolute atomic E-state index is 0.0828. The van der Waals surface area contributed by atoms with Crippen molar-refractivity contribution in [2.24, 2.45) is 0 Å². The predicted octanol–water partition coefficient (Wildman–Crippen LogP) is 2.84. The lowest BCUT2D eigenvalue weighted by atomic mass is 9.93. The van der Waals surface area contributed by atoms with Gasteiger partial charge in [0.15, 0.2) is 0 Å². The number of aromatic amines is 1. The molecule has 4 rings (SSSR count). The lowest BCUT2D eigenvalue weighted by Crippen LogP contribution is -2.27. The smallest absolute Gasteiger partial charge is 0.278 e. The van der Waals surface area contributed by atoms with E-state index >= 15 is 0 Å². The van der Waals surface area contributed by atoms with Gasteiger partial charge in [0.25, 0.3) is 5.69 Å². The zero-order valence-electron chi connectivity index (χ0n) is 12.3. The molecule has 23 heavy (non-hydrogen) atoms. The van der Waals surface area contributed by atoms with Gasteiger partial charge in [-0.25, -0.2) is 0 Å². The van der Waals surface area contributed by atoms with E-state index in [2.05, 4.69) is 20.5 Å². The lowest BCUT2D eigenvalue weighted by Gasteiger charge is -2.24. The monoisotopic (exact) mass is 309 g/mol. The fourth-order valence-corrected chi connectivity index (χ4v) is 3.22. The molecule has 7 nitrogen and oxygen atoms in total. The van der Waals surface area contributed by atoms with E-state index in [-0.39, 0.29) is 16.7 Å². The Morgan fingerprint density at radius 1 is 1.26 bits per heavy atom. The average molecular weight is 309 g/mol. The highest BCUT2D eigenvalue weighted by atomic mass is 16.6. The molecule has 1 atom stereocenters. The topological polar surface area (TPSA) is 96.7 Å². The number of nitro benzene ring substituents is 1. The Morgan fingerprint density at radius 3 is 3.04 bits per heavy atom. The van der Waals surface area contributed by atoms with Crippen molar-refractivity contribution in [2.75, 3.05) is 5.32 Å². The Balaban J connectivity index is 1.68. The van der Waals surface area contributed by atoms with Gasteiger partial charge in [0.05, 0.1) is 16.5 Å². The highest BCUT2D eigenvalue weighted by molar-refractivity contribution is 5.99. The van der Waals surface area contributed by atoms with Gasteiger partial charge in [-0.3, -0.25) is 20.2 Å². The summed E-state index contributed by atoms with van der Waals surface area (Å²) in [7, 11) is 0. The summed E-state index contributed by atoms with van der Waals surface area (Å²) in [6, 6.07) is 5.43. The SMILES string of the molecule is O=[N+]([O-])c1ccc(NC2CCc3[nH]ncc3C2)c2ccncc12. The number of anilines is 1. The van der Waals surface area contributed by atoms with E-state index in [0.717, 1.165) is 30.3 Å². The molecule has 0 radical (unpaired) electrons. The van der Waals surface area contributed by atoms with Gasteiger partial charge in [-0.15, -0.1) is 0 Å². The van der Waals surface area contributed by atoms with E-state index in [1.807, 2.05) is 12.3 Å². The van der Waals surface area contributed by atoms with E-state index < -0.39 is 0 Å². The number of nitrogens with zero attached hydrogens (tertiary/aromatic N) is 3. The number of hydrogen-bond acceptors (Lipinski definition) is 5. The molecule has 1 aromatic carbocycles. The van der Waals surface area contributed by atoms with E-state index in [1.165, 1.54) is 11.3 Å². The lowest BCUT2D eigenvalue weighted by molar-refractivity contribution is -0.383. The molecule has 0 amide bonds. The van der Waals surface area contributed by atoms with Crippen LogP contribution in [0.1, 0.15) is 17.7 Å². The quantitative estimate of drug-likeness (QED) is 0.573. The first-order valence-corrected chi connectivity index (χ1v) is 7.51. The molecule has 0 bridgehead atoms. The van der Waals surface area contributed by atoms with Gasteiger partial charge in [-0.1, -0.05) is 0 Å². The second-order valence-electron chi connectivity index (χ2n) is 5.77. The van der Waals surface area contributed by atoms with Crippen LogP contribution in [-0.2, 0) is 12.8 Å². The molecule has 3 aromatic rings. The van der Waals surface area contributed by atoms with Crippen LogP contribution in [0.15, 0.2) is 36.8 Å². The van der Waals surface area contributed by atoms with Crippen LogP contribution in [0.2, 0.25) is 0 Å². The molecule has 0 fully saturated rings. The number of nitro groups is 1. The Morgan fingerprint density at radius 2 is 2.17 bits per heavy atom. The Labute approximate surface area is 131 Å². The maximum absolute atomic E-state index is 11.2. The van der Waals surface area contributed by atoms with Crippen molar-refractivity contribution in [1.29, 1.82) is 0 Å². The summed E-state index contributed by atoms with van der Waals surface area (Å²) in [5.41, 5.74) is 3.44. The molecular formula is C16H15N5O2. The molecule has 0 spiro atoms. The third-order valence-corrected chi connectivity index (χ3v) is 4.37. The van der Waals surface area contributed by atoms with Crippen molar-refractivity contribution in [1.82, 2.24) is 15.2 Å². The fourth-order valence-electron chi connectivity index (χ4n) is 3.22. The van der Waals surface area contributed by atoms with Crippen LogP contribution >= 0.6 is 0 Å². The summed E-state index contributed by atoms with van der Waals surface area (Å²) in [6.07, 6.45) is 7.94. The molecule has 0 saturated heterocycles. The highest BCUT2D eigenvalue weighted by Crippen LogP contribution is 2.32. The van der Waals surface area contributed by atoms with Gasteiger partial charge in [0.1, 0.15) is 0 Å². The number of aryl methyl sites for hydroxylation is 1. The first-order valence-electron chi connectivity index (χ1n) is 7.51. The van der Waals surface area contributed by atoms with Crippen molar-refractivity contribution in [3.8, 4) is 0 Å². The number of aromatic nitrogens is 3. The standard InChI is InChI=1S/C16H15N5O2/c22-21(23)16-4-3-15(12-5-6-17-9-13(12)16)19-11-1-2-14-10(7-11)8-18-20-14/h3-6,8-9,11,19H,1-2,7H2,(H,18,20). The van der Waals surface area contributed by atoms with Crippen molar-refractivity contribution in [3.05, 3.63) is 58.2 Å². The van der Waals surface area contributed by atoms with Gasteiger partial charge in [-0.2, -0.15) is 5.10 Å². The average Bonchev–Trinajstić information content (AvgIpc) is 3.02. The third kappa shape index (κ3) is 2.40. The van der Waals surface area contributed by atoms with Crippen molar-refractivity contribution in [2.45, 2.75) is 25.3 Å². The number of non-ortho nitro benzene ring substituents is 1. The number of rotatable bonds is 3. The van der Waals surface area contributed by atoms with Gasteiger partial charge >= 0.3 is 0 Å². The van der Waals surface area contributed by atoms with Crippen molar-refractivity contribution < 1.29 is 4.92 Å². The van der Waals surface area contributed by atoms with Crippen LogP contribution in [-0.4, -0.2) is 26.1 Å². The Hall–Kier alpha value is -2.96. The van der Waals surface area contributed by atoms with Crippen LogP contribution in [0.25, 0.3) is 10.8 Å². The molecule has 7 heteroatoms. The number of nitrogens with one attached hydrogen (secondary N) is 2. The number of H-pyrrole nitrogens is 1. The number of fused-ring (bicyclic) bond motifs is 2. The van der Waals surface area contributed by atoms with E-state index in [9.17, 15) is 10.1 Å². The zero-order valence-corrected chi connectivity index (χ0v) is 12.3. The summed E-state index contributed by atoms with van der Waals surface area (Å²) in [5.74, 6) is 0. The van der Waals surface area contributed by atoms with Gasteiger partial charge in [0, 0.05) is 41.3 Å². The summed E-state index contributed by atoms with van der Waals surface area (Å²) in [5, 5.41) is 23.2. The van der Waals surface area contributed by atoms with Crippen LogP contribution < -0.4 is 5.32 Å². The Kier molecular flexibility index (Phi) is 3.18. The second kappa shape index (κ2) is 5.35. The summed E-state index contributed by atoms with van der Waals surface area (Å²) < 4.78 is 0. The normalized spacial score (nSPS) is 17.0. The molecule has 1 aliphatic rings. The maximum Gasteiger partial charge on any atom is 0.278 e. The molecular weight excluding hydrogens is 294 g/mol. The number of benzene rings is 1. The molecule has 2 heterocycles. The summed E-state index contributed by atoms with van der Waals surface area (Å²) in [4.78, 5) is 14.8. The second-order valence-corrected chi connectivity index (χ2v) is 5.77. The van der Waals surface area contributed by atoms with Gasteiger partial charge in [0.2, 0.25) is 0 Å². The number of pyridine rings is 1. The molecule has 2 aromatic heterocycles. The summed E-state index contributed by atoms with van der Waals surface area (Å²) >= 11 is 0. The molecule has 116 valence electrons. The molecule has 0 saturated carbocycles. The fraction of sp³-hybridized carbons (Fsp3) is 0.250. The number of hydrogen-bond donors (Lipinski definition) is 2. The van der Waals surface area contributed by atoms with Crippen LogP contribution in [0.5, 0.6) is 0 Å². The third-order valence-electron chi connectivity index (χ3n) is 4.37. The van der Waals surface area contributed by atoms with Crippen LogP contribution in [0, 0.1) is 10.1 Å². The van der Waals surface area contributed by atoms with Crippen LogP contribution in [0.4, 0.5) is 11.4 Å². The molecule has 2 N–H and O–H groups in total. The van der Waals surface area contributed by atoms with Crippen LogP contribution in [0.3, 0.4) is 0 Å². The largest absolute Gasteiger partial charge is 0.381 e. The highest BCUT2D eigenvalue weighted by Gasteiger charge is 2.21. The van der Waals surface area contributed by atoms with Gasteiger partial charge in [-0.05, 0) is 37.0 Å². The molecule has 0 aliphatic heterocycles. The molecule has 1 unspecified atom stereocenters. The van der Waals surface area contributed by atoms with Crippen molar-refractivity contribution in [3.63, 3.8) is 0 Å². The van der Waals surface area contributed by atoms with E-state index in [0.29, 0.717) is 5.39 Å². The zero-order chi connectivity index (χ0) is 15.8. The minimum atomic E-state index is -0.369. The maximum atomic E-state index is 11.2. The van der Waals surface area contributed by atoms with E-state index in [4.69, 9.17) is 0 Å². The van der Waals surface area contributed by atoms with Crippen molar-refractivity contribution >= 4 is 22.1 Å². The first-order chi connectivity index (χ1) is 11.2. The van der Waals surface area contributed by atoms with E-state index in [1.54, 1.807) is 24.5 Å². The van der Waals surface area contributed by atoms with Gasteiger partial charge < -0.3 is 5.32 Å². The first kappa shape index (κ1) is 13.7. The predicted molar refractivity (Wildman–Crippen MR) is 86.4 cm³/mol. The Bertz CT molecular complexity index is 889. The molecule has 1 aliphatic carbocycles. The minimum Gasteiger partial charge on any atom is -0.381 e.